The van der Waals surface area contributed by atoms with E-state index < -0.39 is 0 Å². The van der Waals surface area contributed by atoms with Gasteiger partial charge in [-0.3, -0.25) is 0 Å². The van der Waals surface area contributed by atoms with Crippen LogP contribution in [0.5, 0.6) is 0 Å². The second kappa shape index (κ2) is 4.16. The minimum Gasteiger partial charge on any atom is -0.333 e. The Morgan fingerprint density at radius 3 is 2.19 bits per heavy atom. The summed E-state index contributed by atoms with van der Waals surface area (Å²) in [6.07, 6.45) is 0. The molecule has 0 fully saturated rings. The van der Waals surface area contributed by atoms with Crippen molar-refractivity contribution in [2.45, 2.75) is 26.2 Å². The minimum atomic E-state index is 0.168. The van der Waals surface area contributed by atoms with Gasteiger partial charge < -0.3 is 4.52 Å². The summed E-state index contributed by atoms with van der Waals surface area (Å²) in [5, 5.41) is 3.76. The average Bonchev–Trinajstić information content (AvgIpc) is 2.64. The Morgan fingerprint density at radius 1 is 1.12 bits per heavy atom. The number of aromatic nitrogens is 2. The van der Waals surface area contributed by atoms with Crippen LogP contribution in [0.4, 0.5) is 0 Å². The zero-order chi connectivity index (χ0) is 11.8. The molecule has 2 aromatic rings. The Kier molecular flexibility index (Phi) is 3.01. The lowest BCUT2D eigenvalue weighted by Crippen LogP contribution is -2.10. The highest BCUT2D eigenvalue weighted by atomic mass is 127. The van der Waals surface area contributed by atoms with E-state index in [4.69, 9.17) is 4.52 Å². The van der Waals surface area contributed by atoms with Gasteiger partial charge in [-0.15, -0.1) is 0 Å². The average molecular weight is 328 g/mol. The van der Waals surface area contributed by atoms with E-state index in [1.165, 1.54) is 5.56 Å². The quantitative estimate of drug-likeness (QED) is 0.750. The number of hydrogen-bond donors (Lipinski definition) is 0. The molecule has 4 heteroatoms. The number of rotatable bonds is 1. The summed E-state index contributed by atoms with van der Waals surface area (Å²) < 4.78 is 5.74. The van der Waals surface area contributed by atoms with Crippen LogP contribution in [0.3, 0.4) is 0 Å². The second-order valence-electron chi connectivity index (χ2n) is 4.70. The van der Waals surface area contributed by atoms with Crippen molar-refractivity contribution in [3.8, 4) is 11.5 Å². The van der Waals surface area contributed by atoms with Crippen LogP contribution in [0.2, 0.25) is 0 Å². The van der Waals surface area contributed by atoms with E-state index in [0.29, 0.717) is 9.72 Å². The van der Waals surface area contributed by atoms with Gasteiger partial charge in [0.1, 0.15) is 0 Å². The first-order valence-corrected chi connectivity index (χ1v) is 6.15. The highest BCUT2D eigenvalue weighted by molar-refractivity contribution is 14.1. The molecule has 0 spiro atoms. The van der Waals surface area contributed by atoms with Gasteiger partial charge in [-0.2, -0.15) is 4.98 Å². The highest BCUT2D eigenvalue weighted by Crippen LogP contribution is 2.25. The van der Waals surface area contributed by atoms with E-state index in [2.05, 4.69) is 43.0 Å². The van der Waals surface area contributed by atoms with Crippen LogP contribution in [0.1, 0.15) is 26.3 Å². The molecule has 0 saturated heterocycles. The Labute approximate surface area is 108 Å². The van der Waals surface area contributed by atoms with Crippen LogP contribution in [0, 0.1) is 3.83 Å². The fourth-order valence-electron chi connectivity index (χ4n) is 1.44. The lowest BCUT2D eigenvalue weighted by Gasteiger charge is -2.18. The molecule has 0 aliphatic rings. The van der Waals surface area contributed by atoms with Crippen molar-refractivity contribution in [2.24, 2.45) is 0 Å². The highest BCUT2D eigenvalue weighted by Gasteiger charge is 2.14. The summed E-state index contributed by atoms with van der Waals surface area (Å²) in [6, 6.07) is 8.24. The van der Waals surface area contributed by atoms with Crippen LogP contribution < -0.4 is 0 Å². The van der Waals surface area contributed by atoms with E-state index in [-0.39, 0.29) is 5.41 Å². The van der Waals surface area contributed by atoms with Gasteiger partial charge in [0.2, 0.25) is 3.83 Å². The summed E-state index contributed by atoms with van der Waals surface area (Å²) >= 11 is 2.03. The van der Waals surface area contributed by atoms with Crippen LogP contribution in [0.15, 0.2) is 28.8 Å². The molecule has 3 nitrogen and oxygen atoms in total. The first kappa shape index (κ1) is 11.6. The molecule has 1 heterocycles. The van der Waals surface area contributed by atoms with Crippen molar-refractivity contribution >= 4 is 22.6 Å². The van der Waals surface area contributed by atoms with Crippen molar-refractivity contribution in [3.05, 3.63) is 33.7 Å². The minimum absolute atomic E-state index is 0.168. The molecule has 1 aromatic carbocycles. The predicted molar refractivity (Wildman–Crippen MR) is 71.2 cm³/mol. The number of benzene rings is 1. The third kappa shape index (κ3) is 2.42. The monoisotopic (exact) mass is 328 g/mol. The zero-order valence-corrected chi connectivity index (χ0v) is 11.6. The molecule has 0 N–H and O–H groups in total. The van der Waals surface area contributed by atoms with E-state index in [9.17, 15) is 0 Å². The zero-order valence-electron chi connectivity index (χ0n) is 9.49. The van der Waals surface area contributed by atoms with Crippen LogP contribution in [0.25, 0.3) is 11.5 Å². The van der Waals surface area contributed by atoms with Crippen LogP contribution >= 0.6 is 22.6 Å². The van der Waals surface area contributed by atoms with Gasteiger partial charge in [-0.05, 0) is 23.1 Å². The van der Waals surface area contributed by atoms with E-state index in [1.807, 2.05) is 34.7 Å². The largest absolute Gasteiger partial charge is 0.333 e. The Balaban J connectivity index is 2.33. The van der Waals surface area contributed by atoms with Crippen molar-refractivity contribution in [1.82, 2.24) is 10.1 Å². The lowest BCUT2D eigenvalue weighted by atomic mass is 9.87. The van der Waals surface area contributed by atoms with Gasteiger partial charge >= 0.3 is 0 Å². The summed E-state index contributed by atoms with van der Waals surface area (Å²) in [7, 11) is 0. The van der Waals surface area contributed by atoms with Crippen molar-refractivity contribution < 1.29 is 4.52 Å². The molecule has 0 atom stereocenters. The third-order valence-electron chi connectivity index (χ3n) is 2.40. The summed E-state index contributed by atoms with van der Waals surface area (Å²) in [6.45, 7) is 6.58. The van der Waals surface area contributed by atoms with Gasteiger partial charge in [-0.25, -0.2) is 0 Å². The van der Waals surface area contributed by atoms with Gasteiger partial charge in [0.15, 0.2) is 0 Å². The van der Waals surface area contributed by atoms with E-state index in [0.717, 1.165) is 5.56 Å². The molecule has 0 amide bonds. The summed E-state index contributed by atoms with van der Waals surface area (Å²) in [5.41, 5.74) is 2.43. The Morgan fingerprint density at radius 2 is 1.75 bits per heavy atom. The molecule has 84 valence electrons. The predicted octanol–water partition coefficient (Wildman–Crippen LogP) is 3.64. The molecule has 1 aromatic heterocycles. The third-order valence-corrected chi connectivity index (χ3v) is 2.84. The molecule has 0 radical (unpaired) electrons. The van der Waals surface area contributed by atoms with Crippen molar-refractivity contribution in [1.29, 1.82) is 0 Å². The number of nitrogens with zero attached hydrogens (tertiary/aromatic N) is 2. The second-order valence-corrected chi connectivity index (χ2v) is 5.66. The summed E-state index contributed by atoms with van der Waals surface area (Å²) in [4.78, 5) is 4.18. The standard InChI is InChI=1S/C12H13IN2O/c1-12(2,3)9-6-4-8(5-7-9)10-14-11(13)15-16-10/h4-7H,1-3H3. The maximum Gasteiger partial charge on any atom is 0.258 e. The Hall–Kier alpha value is -0.910. The number of halogens is 1. The van der Waals surface area contributed by atoms with Gasteiger partial charge in [0.25, 0.3) is 5.89 Å². The van der Waals surface area contributed by atoms with Gasteiger partial charge in [-0.1, -0.05) is 38.1 Å². The lowest BCUT2D eigenvalue weighted by molar-refractivity contribution is 0.426. The van der Waals surface area contributed by atoms with Crippen LogP contribution in [-0.4, -0.2) is 10.1 Å². The van der Waals surface area contributed by atoms with E-state index >= 15 is 0 Å². The molecule has 0 aliphatic heterocycles. The van der Waals surface area contributed by atoms with Gasteiger partial charge in [0.05, 0.1) is 0 Å². The molecule has 0 saturated carbocycles. The normalized spacial score (nSPS) is 11.8. The molecule has 16 heavy (non-hydrogen) atoms. The first-order chi connectivity index (χ1) is 7.47. The SMILES string of the molecule is CC(C)(C)c1ccc(-c2nc(I)no2)cc1. The maximum absolute atomic E-state index is 5.11. The van der Waals surface area contributed by atoms with Crippen molar-refractivity contribution in [2.75, 3.05) is 0 Å². The smallest absolute Gasteiger partial charge is 0.258 e. The molecule has 0 bridgehead atoms. The molecular formula is C12H13IN2O. The molecule has 0 unspecified atom stereocenters. The summed E-state index contributed by atoms with van der Waals surface area (Å²) in [5.74, 6) is 0.574. The fraction of sp³-hybridized carbons (Fsp3) is 0.333. The van der Waals surface area contributed by atoms with Crippen molar-refractivity contribution in [3.63, 3.8) is 0 Å². The first-order valence-electron chi connectivity index (χ1n) is 5.07. The maximum atomic E-state index is 5.11. The Bertz CT molecular complexity index is 482. The van der Waals surface area contributed by atoms with E-state index in [1.54, 1.807) is 0 Å². The molecule has 0 aliphatic carbocycles. The fourth-order valence-corrected chi connectivity index (χ4v) is 1.75. The number of hydrogen-bond acceptors (Lipinski definition) is 3. The van der Waals surface area contributed by atoms with Gasteiger partial charge in [0, 0.05) is 28.2 Å². The topological polar surface area (TPSA) is 38.9 Å². The molecule has 2 rings (SSSR count). The molecular weight excluding hydrogens is 315 g/mol. The van der Waals surface area contributed by atoms with Crippen LogP contribution in [-0.2, 0) is 5.41 Å².